The van der Waals surface area contributed by atoms with E-state index in [1.807, 2.05) is 0 Å². The normalized spacial score (nSPS) is 10.1. The molecule has 6 heteroatoms. The molecule has 0 bridgehead atoms. The lowest BCUT2D eigenvalue weighted by Gasteiger charge is -2.07. The molecule has 0 radical (unpaired) electrons. The molecule has 2 aromatic rings. The molecule has 0 saturated carbocycles. The topological polar surface area (TPSA) is 89.6 Å². The van der Waals surface area contributed by atoms with Crippen molar-refractivity contribution in [1.82, 2.24) is 0 Å². The number of ether oxygens (including phenoxy) is 1. The number of hydrogen-bond donors (Lipinski definition) is 2. The Hall–Kier alpha value is -2.47. The predicted molar refractivity (Wildman–Crippen MR) is 79.7 cm³/mol. The molecule has 3 N–H and O–H groups in total. The largest absolute Gasteiger partial charge is 0.478 e. The molecule has 2 rings (SSSR count). The van der Waals surface area contributed by atoms with Crippen LogP contribution in [-0.4, -0.2) is 24.2 Å². The molecule has 0 aromatic heterocycles. The van der Waals surface area contributed by atoms with Crippen LogP contribution < -0.4 is 5.73 Å². The average molecular weight is 303 g/mol. The van der Waals surface area contributed by atoms with Gasteiger partial charge >= 0.3 is 11.9 Å². The van der Waals surface area contributed by atoms with Gasteiger partial charge in [0, 0.05) is 15.5 Å². The number of carbonyl (C=O) groups is 2. The van der Waals surface area contributed by atoms with Gasteiger partial charge in [0.1, 0.15) is 0 Å². The zero-order chi connectivity index (χ0) is 15.4. The zero-order valence-corrected chi connectivity index (χ0v) is 12.0. The van der Waals surface area contributed by atoms with Crippen molar-refractivity contribution in [2.24, 2.45) is 0 Å². The lowest BCUT2D eigenvalue weighted by Crippen LogP contribution is -2.00. The summed E-state index contributed by atoms with van der Waals surface area (Å²) < 4.78 is 4.63. The molecule has 0 amide bonds. The SMILES string of the molecule is COC(=O)c1ccc(Sc2ccc(C(=O)O)cc2N)cc1. The Morgan fingerprint density at radius 1 is 1.10 bits per heavy atom. The maximum Gasteiger partial charge on any atom is 0.337 e. The number of carboxylic acids is 1. The summed E-state index contributed by atoms with van der Waals surface area (Å²) in [5.41, 5.74) is 6.87. The van der Waals surface area contributed by atoms with Crippen LogP contribution in [0.4, 0.5) is 5.69 Å². The second-order valence-corrected chi connectivity index (χ2v) is 5.29. The van der Waals surface area contributed by atoms with E-state index in [2.05, 4.69) is 4.74 Å². The van der Waals surface area contributed by atoms with E-state index in [4.69, 9.17) is 10.8 Å². The molecule has 0 saturated heterocycles. The molecule has 0 aliphatic heterocycles. The zero-order valence-electron chi connectivity index (χ0n) is 11.2. The first-order valence-electron chi connectivity index (χ1n) is 6.00. The Morgan fingerprint density at radius 3 is 2.24 bits per heavy atom. The molecule has 0 fully saturated rings. The van der Waals surface area contributed by atoms with Gasteiger partial charge in [-0.15, -0.1) is 0 Å². The van der Waals surface area contributed by atoms with Crippen LogP contribution in [0.2, 0.25) is 0 Å². The van der Waals surface area contributed by atoms with Crippen molar-refractivity contribution in [2.45, 2.75) is 9.79 Å². The van der Waals surface area contributed by atoms with Crippen molar-refractivity contribution in [3.8, 4) is 0 Å². The van der Waals surface area contributed by atoms with E-state index in [1.54, 1.807) is 30.3 Å². The third kappa shape index (κ3) is 3.55. The molecule has 21 heavy (non-hydrogen) atoms. The van der Waals surface area contributed by atoms with Crippen LogP contribution >= 0.6 is 11.8 Å². The summed E-state index contributed by atoms with van der Waals surface area (Å²) in [5, 5.41) is 8.89. The molecule has 0 spiro atoms. The van der Waals surface area contributed by atoms with Crippen LogP contribution in [0, 0.1) is 0 Å². The first kappa shape index (κ1) is 14.9. The van der Waals surface area contributed by atoms with Crippen molar-refractivity contribution in [2.75, 3.05) is 12.8 Å². The summed E-state index contributed by atoms with van der Waals surface area (Å²) in [6.07, 6.45) is 0. The number of hydrogen-bond acceptors (Lipinski definition) is 5. The number of esters is 1. The lowest BCUT2D eigenvalue weighted by molar-refractivity contribution is 0.0599. The first-order chi connectivity index (χ1) is 10.0. The van der Waals surface area contributed by atoms with Crippen LogP contribution in [0.1, 0.15) is 20.7 Å². The minimum atomic E-state index is -1.01. The van der Waals surface area contributed by atoms with E-state index < -0.39 is 11.9 Å². The van der Waals surface area contributed by atoms with Crippen molar-refractivity contribution in [1.29, 1.82) is 0 Å². The number of anilines is 1. The molecule has 0 atom stereocenters. The van der Waals surface area contributed by atoms with Crippen LogP contribution in [0.25, 0.3) is 0 Å². The summed E-state index contributed by atoms with van der Waals surface area (Å²) in [4.78, 5) is 23.8. The molecule has 2 aromatic carbocycles. The summed E-state index contributed by atoms with van der Waals surface area (Å²) in [7, 11) is 1.33. The van der Waals surface area contributed by atoms with Crippen molar-refractivity contribution in [3.63, 3.8) is 0 Å². The van der Waals surface area contributed by atoms with Crippen molar-refractivity contribution >= 4 is 29.4 Å². The standard InChI is InChI=1S/C15H13NO4S/c1-20-15(19)9-2-5-11(6-3-9)21-13-7-4-10(14(17)18)8-12(13)16/h2-8H,16H2,1H3,(H,17,18). The molecule has 0 heterocycles. The maximum atomic E-state index is 11.3. The van der Waals surface area contributed by atoms with Gasteiger partial charge in [0.25, 0.3) is 0 Å². The minimum absolute atomic E-state index is 0.151. The number of nitrogens with two attached hydrogens (primary N) is 1. The van der Waals surface area contributed by atoms with Crippen molar-refractivity contribution in [3.05, 3.63) is 53.6 Å². The van der Waals surface area contributed by atoms with Crippen LogP contribution in [0.15, 0.2) is 52.3 Å². The Kier molecular flexibility index (Phi) is 4.49. The monoisotopic (exact) mass is 303 g/mol. The van der Waals surface area contributed by atoms with Gasteiger partial charge in [-0.2, -0.15) is 0 Å². The van der Waals surface area contributed by atoms with Gasteiger partial charge in [-0.25, -0.2) is 9.59 Å². The number of carboxylic acid groups (broad SMARTS) is 1. The van der Waals surface area contributed by atoms with Crippen LogP contribution in [-0.2, 0) is 4.74 Å². The third-order valence-corrected chi connectivity index (χ3v) is 3.86. The first-order valence-corrected chi connectivity index (χ1v) is 6.82. The minimum Gasteiger partial charge on any atom is -0.478 e. The van der Waals surface area contributed by atoms with Gasteiger partial charge in [-0.1, -0.05) is 11.8 Å². The number of rotatable bonds is 4. The Labute approximate surface area is 125 Å². The number of nitrogen functional groups attached to an aromatic ring is 1. The fourth-order valence-corrected chi connectivity index (χ4v) is 2.52. The number of benzene rings is 2. The van der Waals surface area contributed by atoms with E-state index in [0.29, 0.717) is 11.3 Å². The number of methoxy groups -OCH3 is 1. The van der Waals surface area contributed by atoms with Crippen LogP contribution in [0.5, 0.6) is 0 Å². The highest BCUT2D eigenvalue weighted by Crippen LogP contribution is 2.32. The Balaban J connectivity index is 2.18. The third-order valence-electron chi connectivity index (χ3n) is 2.76. The predicted octanol–water partition coefficient (Wildman–Crippen LogP) is 2.90. The second-order valence-electron chi connectivity index (χ2n) is 4.18. The number of carbonyl (C=O) groups excluding carboxylic acids is 1. The fraction of sp³-hybridized carbons (Fsp3) is 0.0667. The highest BCUT2D eigenvalue weighted by atomic mass is 32.2. The quantitative estimate of drug-likeness (QED) is 0.667. The van der Waals surface area contributed by atoms with Gasteiger partial charge in [-0.3, -0.25) is 0 Å². The lowest BCUT2D eigenvalue weighted by atomic mass is 10.2. The van der Waals surface area contributed by atoms with Gasteiger partial charge in [-0.05, 0) is 42.5 Å². The Bertz CT molecular complexity index is 683. The highest BCUT2D eigenvalue weighted by Gasteiger charge is 2.09. The average Bonchev–Trinajstić information content (AvgIpc) is 2.49. The van der Waals surface area contributed by atoms with E-state index in [9.17, 15) is 9.59 Å². The van der Waals surface area contributed by atoms with E-state index in [1.165, 1.54) is 31.0 Å². The molecular formula is C15H13NO4S. The molecule has 108 valence electrons. The molecule has 5 nitrogen and oxygen atoms in total. The summed E-state index contributed by atoms with van der Waals surface area (Å²) in [6.45, 7) is 0. The maximum absolute atomic E-state index is 11.3. The molecule has 0 unspecified atom stereocenters. The van der Waals surface area contributed by atoms with Gasteiger partial charge in [0.05, 0.1) is 18.2 Å². The molecular weight excluding hydrogens is 290 g/mol. The fourth-order valence-electron chi connectivity index (χ4n) is 1.68. The summed E-state index contributed by atoms with van der Waals surface area (Å²) >= 11 is 1.39. The highest BCUT2D eigenvalue weighted by molar-refractivity contribution is 7.99. The molecule has 0 aliphatic carbocycles. The smallest absolute Gasteiger partial charge is 0.337 e. The van der Waals surface area contributed by atoms with E-state index in [-0.39, 0.29) is 5.56 Å². The van der Waals surface area contributed by atoms with Crippen LogP contribution in [0.3, 0.4) is 0 Å². The van der Waals surface area contributed by atoms with E-state index >= 15 is 0 Å². The van der Waals surface area contributed by atoms with Gasteiger partial charge in [0.2, 0.25) is 0 Å². The van der Waals surface area contributed by atoms with Crippen molar-refractivity contribution < 1.29 is 19.4 Å². The summed E-state index contributed by atoms with van der Waals surface area (Å²) in [5.74, 6) is -1.41. The van der Waals surface area contributed by atoms with Gasteiger partial charge < -0.3 is 15.6 Å². The summed E-state index contributed by atoms with van der Waals surface area (Å²) in [6, 6.07) is 11.5. The Morgan fingerprint density at radius 2 is 1.71 bits per heavy atom. The van der Waals surface area contributed by atoms with Gasteiger partial charge in [0.15, 0.2) is 0 Å². The number of aromatic carboxylic acids is 1. The molecule has 0 aliphatic rings. The second kappa shape index (κ2) is 6.32. The van der Waals surface area contributed by atoms with E-state index in [0.717, 1.165) is 9.79 Å².